The molecular weight excluding hydrogens is 196 g/mol. The minimum atomic E-state index is -0.133. The molecular formula is C14H26N2. The van der Waals surface area contributed by atoms with Crippen molar-refractivity contribution in [2.24, 2.45) is 11.3 Å². The van der Waals surface area contributed by atoms with Gasteiger partial charge in [0.2, 0.25) is 0 Å². The molecule has 1 saturated carbocycles. The van der Waals surface area contributed by atoms with Crippen LogP contribution in [0, 0.1) is 22.7 Å². The van der Waals surface area contributed by atoms with Crippen LogP contribution in [0.5, 0.6) is 0 Å². The highest BCUT2D eigenvalue weighted by Crippen LogP contribution is 2.24. The summed E-state index contributed by atoms with van der Waals surface area (Å²) in [6, 6.07) is 2.36. The van der Waals surface area contributed by atoms with Gasteiger partial charge < -0.3 is 5.32 Å². The molecule has 1 aliphatic carbocycles. The SMILES string of the molecule is CC(C)(C#N)CCCCNCC1CCCC1. The predicted molar refractivity (Wildman–Crippen MR) is 68.1 cm³/mol. The quantitative estimate of drug-likeness (QED) is 0.669. The Morgan fingerprint density at radius 3 is 2.56 bits per heavy atom. The first kappa shape index (κ1) is 13.5. The predicted octanol–water partition coefficient (Wildman–Crippen LogP) is 3.49. The molecule has 1 aliphatic rings. The average molecular weight is 222 g/mol. The van der Waals surface area contributed by atoms with E-state index < -0.39 is 0 Å². The van der Waals surface area contributed by atoms with Gasteiger partial charge in [-0.1, -0.05) is 19.3 Å². The highest BCUT2D eigenvalue weighted by Gasteiger charge is 2.16. The van der Waals surface area contributed by atoms with E-state index >= 15 is 0 Å². The van der Waals surface area contributed by atoms with E-state index in [1.54, 1.807) is 0 Å². The lowest BCUT2D eigenvalue weighted by Crippen LogP contribution is -2.22. The van der Waals surface area contributed by atoms with Gasteiger partial charge in [-0.15, -0.1) is 0 Å². The molecule has 2 nitrogen and oxygen atoms in total. The second-order valence-electron chi connectivity index (χ2n) is 5.81. The van der Waals surface area contributed by atoms with E-state index in [2.05, 4.69) is 11.4 Å². The number of nitriles is 1. The molecule has 0 heterocycles. The molecule has 0 unspecified atom stereocenters. The largest absolute Gasteiger partial charge is 0.316 e. The van der Waals surface area contributed by atoms with Crippen molar-refractivity contribution >= 4 is 0 Å². The minimum Gasteiger partial charge on any atom is -0.316 e. The van der Waals surface area contributed by atoms with E-state index in [0.717, 1.165) is 25.3 Å². The van der Waals surface area contributed by atoms with Gasteiger partial charge >= 0.3 is 0 Å². The third kappa shape index (κ3) is 5.51. The van der Waals surface area contributed by atoms with Crippen molar-refractivity contribution in [3.8, 4) is 6.07 Å². The Morgan fingerprint density at radius 1 is 1.25 bits per heavy atom. The molecule has 92 valence electrons. The third-order valence-corrected chi connectivity index (χ3v) is 3.62. The second-order valence-corrected chi connectivity index (χ2v) is 5.81. The highest BCUT2D eigenvalue weighted by molar-refractivity contribution is 4.91. The van der Waals surface area contributed by atoms with Crippen LogP contribution in [0.25, 0.3) is 0 Å². The smallest absolute Gasteiger partial charge is 0.0683 e. The summed E-state index contributed by atoms with van der Waals surface area (Å²) in [6.45, 7) is 6.39. The molecule has 0 aliphatic heterocycles. The summed E-state index contributed by atoms with van der Waals surface area (Å²) in [5, 5.41) is 12.4. The van der Waals surface area contributed by atoms with Crippen LogP contribution in [0.1, 0.15) is 58.8 Å². The summed E-state index contributed by atoms with van der Waals surface area (Å²) in [7, 11) is 0. The highest BCUT2D eigenvalue weighted by atomic mass is 14.9. The maximum absolute atomic E-state index is 8.87. The van der Waals surface area contributed by atoms with Crippen LogP contribution in [0.15, 0.2) is 0 Å². The summed E-state index contributed by atoms with van der Waals surface area (Å²) in [5.41, 5.74) is -0.133. The summed E-state index contributed by atoms with van der Waals surface area (Å²) < 4.78 is 0. The number of nitrogens with one attached hydrogen (secondary N) is 1. The Labute approximate surface area is 100 Å². The first-order valence-electron chi connectivity index (χ1n) is 6.76. The number of nitrogens with zero attached hydrogens (tertiary/aromatic N) is 1. The fourth-order valence-corrected chi connectivity index (χ4v) is 2.39. The van der Waals surface area contributed by atoms with E-state index in [4.69, 9.17) is 5.26 Å². The van der Waals surface area contributed by atoms with Crippen LogP contribution in [0.2, 0.25) is 0 Å². The molecule has 0 atom stereocenters. The normalized spacial score (nSPS) is 17.6. The van der Waals surface area contributed by atoms with Crippen molar-refractivity contribution in [1.82, 2.24) is 5.32 Å². The van der Waals surface area contributed by atoms with Gasteiger partial charge in [-0.3, -0.25) is 0 Å². The molecule has 0 amide bonds. The van der Waals surface area contributed by atoms with Crippen molar-refractivity contribution in [2.45, 2.75) is 58.8 Å². The van der Waals surface area contributed by atoms with Crippen LogP contribution in [-0.2, 0) is 0 Å². The summed E-state index contributed by atoms with van der Waals surface area (Å²) >= 11 is 0. The lowest BCUT2D eigenvalue weighted by Gasteiger charge is -2.15. The Balaban J connectivity index is 1.90. The second kappa shape index (κ2) is 6.91. The first-order chi connectivity index (χ1) is 7.64. The maximum Gasteiger partial charge on any atom is 0.0683 e. The van der Waals surface area contributed by atoms with E-state index in [9.17, 15) is 0 Å². The number of hydrogen-bond acceptors (Lipinski definition) is 2. The third-order valence-electron chi connectivity index (χ3n) is 3.62. The fraction of sp³-hybridized carbons (Fsp3) is 0.929. The molecule has 0 spiro atoms. The van der Waals surface area contributed by atoms with E-state index in [1.165, 1.54) is 38.6 Å². The van der Waals surface area contributed by atoms with Crippen molar-refractivity contribution < 1.29 is 0 Å². The zero-order valence-corrected chi connectivity index (χ0v) is 10.9. The first-order valence-corrected chi connectivity index (χ1v) is 6.76. The Bertz CT molecular complexity index is 221. The van der Waals surface area contributed by atoms with Crippen molar-refractivity contribution in [1.29, 1.82) is 5.26 Å². The zero-order chi connectivity index (χ0) is 11.9. The monoisotopic (exact) mass is 222 g/mol. The standard InChI is InChI=1S/C14H26N2/c1-14(2,12-15)9-5-6-10-16-11-13-7-3-4-8-13/h13,16H,3-11H2,1-2H3. The van der Waals surface area contributed by atoms with Gasteiger partial charge in [0, 0.05) is 0 Å². The maximum atomic E-state index is 8.87. The van der Waals surface area contributed by atoms with Gasteiger partial charge in [-0.2, -0.15) is 5.26 Å². The zero-order valence-electron chi connectivity index (χ0n) is 10.9. The number of unbranched alkanes of at least 4 members (excludes halogenated alkanes) is 1. The van der Waals surface area contributed by atoms with Gasteiger partial charge in [-0.05, 0) is 58.5 Å². The van der Waals surface area contributed by atoms with Crippen LogP contribution in [0.4, 0.5) is 0 Å². The van der Waals surface area contributed by atoms with Crippen molar-refractivity contribution in [3.63, 3.8) is 0 Å². The van der Waals surface area contributed by atoms with Gasteiger partial charge in [0.25, 0.3) is 0 Å². The molecule has 0 bridgehead atoms. The molecule has 16 heavy (non-hydrogen) atoms. The molecule has 2 heteroatoms. The van der Waals surface area contributed by atoms with Crippen LogP contribution in [0.3, 0.4) is 0 Å². The average Bonchev–Trinajstić information content (AvgIpc) is 2.76. The van der Waals surface area contributed by atoms with Crippen LogP contribution in [-0.4, -0.2) is 13.1 Å². The molecule has 0 radical (unpaired) electrons. The topological polar surface area (TPSA) is 35.8 Å². The van der Waals surface area contributed by atoms with Gasteiger partial charge in [-0.25, -0.2) is 0 Å². The molecule has 1 rings (SSSR count). The summed E-state index contributed by atoms with van der Waals surface area (Å²) in [4.78, 5) is 0. The molecule has 0 aromatic carbocycles. The fourth-order valence-electron chi connectivity index (χ4n) is 2.39. The van der Waals surface area contributed by atoms with Crippen molar-refractivity contribution in [2.75, 3.05) is 13.1 Å². The summed E-state index contributed by atoms with van der Waals surface area (Å²) in [6.07, 6.45) is 9.11. The van der Waals surface area contributed by atoms with E-state index in [0.29, 0.717) is 0 Å². The molecule has 0 aromatic heterocycles. The molecule has 1 fully saturated rings. The lowest BCUT2D eigenvalue weighted by molar-refractivity contribution is 0.415. The molecule has 1 N–H and O–H groups in total. The molecule has 0 saturated heterocycles. The van der Waals surface area contributed by atoms with Gasteiger partial charge in [0.15, 0.2) is 0 Å². The van der Waals surface area contributed by atoms with E-state index in [1.807, 2.05) is 13.8 Å². The Morgan fingerprint density at radius 2 is 1.94 bits per heavy atom. The van der Waals surface area contributed by atoms with Crippen LogP contribution < -0.4 is 5.32 Å². The Kier molecular flexibility index (Phi) is 5.84. The van der Waals surface area contributed by atoms with Crippen LogP contribution >= 0.6 is 0 Å². The van der Waals surface area contributed by atoms with Crippen molar-refractivity contribution in [3.05, 3.63) is 0 Å². The Hall–Kier alpha value is -0.550. The van der Waals surface area contributed by atoms with Gasteiger partial charge in [0.1, 0.15) is 0 Å². The molecule has 0 aromatic rings. The number of hydrogen-bond donors (Lipinski definition) is 1. The van der Waals surface area contributed by atoms with Gasteiger partial charge in [0.05, 0.1) is 11.5 Å². The number of rotatable bonds is 7. The minimum absolute atomic E-state index is 0.133. The van der Waals surface area contributed by atoms with E-state index in [-0.39, 0.29) is 5.41 Å². The summed E-state index contributed by atoms with van der Waals surface area (Å²) in [5.74, 6) is 0.940. The lowest BCUT2D eigenvalue weighted by atomic mass is 9.89.